The number of sulfonamides is 1. The SMILES string of the molecule is COc1ccc2c(O[C@@H]3C[C@H]4C(=O)N[C@]5(C(=O)NS(=O)(=O)C6(C)CC6)C[C@H]5/C=C\CC[C@@H](C)C[C@@H](C)[C@H](N(C(=O)O)C5COC5)C(=O)N4C3C(F)(F)F)nc(OC)cc2c1. The van der Waals surface area contributed by atoms with Gasteiger partial charge < -0.3 is 34.3 Å². The van der Waals surface area contributed by atoms with Gasteiger partial charge in [-0.3, -0.25) is 24.0 Å². The van der Waals surface area contributed by atoms with Crippen molar-refractivity contribution < 1.29 is 64.8 Å². The molecule has 0 radical (unpaired) electrons. The number of rotatable bonds is 9. The van der Waals surface area contributed by atoms with E-state index in [1.807, 2.05) is 6.92 Å². The highest BCUT2D eigenvalue weighted by molar-refractivity contribution is 7.91. The molecule has 0 spiro atoms. The number of carbonyl (C=O) groups excluding carboxylic acids is 3. The van der Waals surface area contributed by atoms with Crippen LogP contribution < -0.4 is 24.2 Å². The number of alkyl halides is 3. The lowest BCUT2D eigenvalue weighted by Crippen LogP contribution is -2.66. The lowest BCUT2D eigenvalue weighted by molar-refractivity contribution is -0.201. The van der Waals surface area contributed by atoms with Gasteiger partial charge in [0.15, 0.2) is 6.04 Å². The van der Waals surface area contributed by atoms with Gasteiger partial charge in [-0.2, -0.15) is 18.2 Å². The zero-order chi connectivity index (χ0) is 43.5. The van der Waals surface area contributed by atoms with E-state index in [4.69, 9.17) is 18.9 Å². The molecule has 4 amide bonds. The van der Waals surface area contributed by atoms with Crippen LogP contribution in [0.25, 0.3) is 10.8 Å². The number of hydrogen-bond donors (Lipinski definition) is 3. The van der Waals surface area contributed by atoms with Crippen molar-refractivity contribution in [3.63, 3.8) is 0 Å². The molecule has 1 aromatic heterocycles. The second-order valence-electron chi connectivity index (χ2n) is 17.0. The number of allylic oxidation sites excluding steroid dienone is 1. The molecular weight excluding hydrogens is 816 g/mol. The van der Waals surface area contributed by atoms with Crippen LogP contribution in [-0.4, -0.2) is 126 Å². The minimum Gasteiger partial charge on any atom is -0.497 e. The molecular formula is C40H50F3N5O11S. The minimum atomic E-state index is -5.27. The summed E-state index contributed by atoms with van der Waals surface area (Å²) < 4.78 is 96.8. The third kappa shape index (κ3) is 8.03. The number of carbonyl (C=O) groups is 4. The lowest BCUT2D eigenvalue weighted by Gasteiger charge is -2.44. The average Bonchev–Trinajstić information content (AvgIpc) is 4.04. The number of methoxy groups -OCH3 is 2. The molecule has 0 bridgehead atoms. The summed E-state index contributed by atoms with van der Waals surface area (Å²) in [5.41, 5.74) is -1.88. The Morgan fingerprint density at radius 1 is 1.10 bits per heavy atom. The number of fused-ring (bicyclic) bond motifs is 3. The molecule has 1 aromatic carbocycles. The van der Waals surface area contributed by atoms with Gasteiger partial charge in [-0.25, -0.2) is 13.2 Å². The van der Waals surface area contributed by atoms with Crippen molar-refractivity contribution >= 4 is 44.6 Å². The molecule has 2 saturated heterocycles. The number of pyridine rings is 1. The summed E-state index contributed by atoms with van der Waals surface area (Å²) in [4.78, 5) is 62.4. The van der Waals surface area contributed by atoms with Crippen LogP contribution in [0.5, 0.6) is 17.5 Å². The molecule has 3 aliphatic heterocycles. The zero-order valence-electron chi connectivity index (χ0n) is 33.9. The van der Waals surface area contributed by atoms with Crippen LogP contribution in [-0.2, 0) is 29.1 Å². The predicted molar refractivity (Wildman–Crippen MR) is 208 cm³/mol. The number of hydrogen-bond acceptors (Lipinski definition) is 11. The van der Waals surface area contributed by atoms with Gasteiger partial charge >= 0.3 is 12.3 Å². The Morgan fingerprint density at radius 3 is 2.42 bits per heavy atom. The van der Waals surface area contributed by atoms with Crippen LogP contribution >= 0.6 is 0 Å². The predicted octanol–water partition coefficient (Wildman–Crippen LogP) is 4.16. The van der Waals surface area contributed by atoms with Crippen LogP contribution in [0, 0.1) is 17.8 Å². The van der Waals surface area contributed by atoms with Crippen LogP contribution in [0.3, 0.4) is 0 Å². The van der Waals surface area contributed by atoms with E-state index < -0.39 is 98.8 Å². The molecule has 2 saturated carbocycles. The first-order valence-corrected chi connectivity index (χ1v) is 21.4. The standard InChI is InChI=1S/C40H50F3N5O11S/c1-21-8-6-7-9-24-18-39(24,36(51)46-60(54,55)38(3)12-13-38)45-33(49)28-17-29(59-34-27-11-10-26(56-4)15-23(27)16-30(44-34)57-5)32(40(41,42)43)48(28)35(50)31(22(2)14-21)47(37(52)53)25-19-58-20-25/h7,9-11,15-16,21-22,24-25,28-29,31-32H,6,8,12-14,17-20H2,1-5H3,(H,45,49)(H,46,51)(H,52,53)/b9-7-/t21-,22-,24-,28+,29-,31+,32?,39-/m1/s1. The van der Waals surface area contributed by atoms with Crippen molar-refractivity contribution in [3.8, 4) is 17.5 Å². The van der Waals surface area contributed by atoms with Gasteiger partial charge in [-0.1, -0.05) is 26.0 Å². The van der Waals surface area contributed by atoms with Gasteiger partial charge in [0.05, 0.1) is 38.2 Å². The smallest absolute Gasteiger partial charge is 0.412 e. The van der Waals surface area contributed by atoms with Gasteiger partial charge in [-0.15, -0.1) is 0 Å². The van der Waals surface area contributed by atoms with E-state index in [0.29, 0.717) is 41.7 Å². The van der Waals surface area contributed by atoms with Crippen LogP contribution in [0.4, 0.5) is 18.0 Å². The Kier molecular flexibility index (Phi) is 11.4. The van der Waals surface area contributed by atoms with Gasteiger partial charge in [0, 0.05) is 23.8 Å². The highest BCUT2D eigenvalue weighted by Crippen LogP contribution is 2.49. The maximum absolute atomic E-state index is 15.8. The number of benzene rings is 1. The summed E-state index contributed by atoms with van der Waals surface area (Å²) >= 11 is 0. The van der Waals surface area contributed by atoms with Crippen LogP contribution in [0.2, 0.25) is 0 Å². The number of carboxylic acid groups (broad SMARTS) is 1. The summed E-state index contributed by atoms with van der Waals surface area (Å²) in [5.74, 6) is -5.13. The third-order valence-corrected chi connectivity index (χ3v) is 14.8. The van der Waals surface area contributed by atoms with Gasteiger partial charge in [-0.05, 0) is 80.9 Å². The van der Waals surface area contributed by atoms with Gasteiger partial charge in [0.1, 0.15) is 29.5 Å². The van der Waals surface area contributed by atoms with E-state index in [1.165, 1.54) is 33.3 Å². The Hall–Kier alpha value is -4.85. The first-order valence-electron chi connectivity index (χ1n) is 20.0. The Labute approximate surface area is 345 Å². The van der Waals surface area contributed by atoms with E-state index in [2.05, 4.69) is 15.0 Å². The summed E-state index contributed by atoms with van der Waals surface area (Å²) in [6.45, 7) is 4.77. The summed E-state index contributed by atoms with van der Waals surface area (Å²) in [6, 6.07) is -1.18. The second kappa shape index (κ2) is 15.9. The van der Waals surface area contributed by atoms with Crippen molar-refractivity contribution in [1.29, 1.82) is 0 Å². The number of nitrogens with zero attached hydrogens (tertiary/aromatic N) is 3. The highest BCUT2D eigenvalue weighted by atomic mass is 32.2. The molecule has 8 atom stereocenters. The fraction of sp³-hybridized carbons (Fsp3) is 0.625. The molecule has 4 fully saturated rings. The molecule has 60 heavy (non-hydrogen) atoms. The maximum Gasteiger partial charge on any atom is 0.412 e. The number of halogens is 3. The Balaban J connectivity index is 1.35. The molecule has 7 rings (SSSR count). The number of ether oxygens (including phenoxy) is 4. The van der Waals surface area contributed by atoms with Gasteiger partial charge in [0.25, 0.3) is 5.91 Å². The second-order valence-corrected chi connectivity index (χ2v) is 19.2. The van der Waals surface area contributed by atoms with E-state index >= 15 is 18.0 Å². The molecule has 2 aromatic rings. The normalized spacial score (nSPS) is 31.3. The van der Waals surface area contributed by atoms with Crippen LogP contribution in [0.15, 0.2) is 36.4 Å². The maximum atomic E-state index is 15.8. The fourth-order valence-corrected chi connectivity index (χ4v) is 10.1. The van der Waals surface area contributed by atoms with Crippen molar-refractivity contribution in [2.45, 2.75) is 112 Å². The molecule has 3 N–H and O–H groups in total. The summed E-state index contributed by atoms with van der Waals surface area (Å²) in [6.07, 6.45) is -4.31. The van der Waals surface area contributed by atoms with E-state index in [9.17, 15) is 27.9 Å². The lowest BCUT2D eigenvalue weighted by atomic mass is 9.86. The molecule has 20 heteroatoms. The van der Waals surface area contributed by atoms with E-state index in [1.54, 1.807) is 31.2 Å². The first-order chi connectivity index (χ1) is 28.2. The molecule has 5 aliphatic rings. The number of aromatic nitrogens is 1. The molecule has 1 unspecified atom stereocenters. The number of amides is 4. The Bertz CT molecular complexity index is 2180. The highest BCUT2D eigenvalue weighted by Gasteiger charge is 2.66. The largest absolute Gasteiger partial charge is 0.497 e. The summed E-state index contributed by atoms with van der Waals surface area (Å²) in [7, 11) is -1.47. The van der Waals surface area contributed by atoms with Crippen molar-refractivity contribution in [1.82, 2.24) is 24.8 Å². The topological polar surface area (TPSA) is 203 Å². The fourth-order valence-electron chi connectivity index (χ4n) is 8.75. The van der Waals surface area contributed by atoms with E-state index in [0.717, 1.165) is 4.90 Å². The summed E-state index contributed by atoms with van der Waals surface area (Å²) in [5, 5.41) is 13.8. The molecule has 2 aliphatic carbocycles. The average molecular weight is 866 g/mol. The quantitative estimate of drug-likeness (QED) is 0.304. The number of nitrogens with one attached hydrogen (secondary N) is 2. The van der Waals surface area contributed by atoms with Crippen molar-refractivity contribution in [3.05, 3.63) is 36.4 Å². The monoisotopic (exact) mass is 865 g/mol. The minimum absolute atomic E-state index is 0.0189. The van der Waals surface area contributed by atoms with Crippen molar-refractivity contribution in [2.24, 2.45) is 17.8 Å². The Morgan fingerprint density at radius 2 is 1.82 bits per heavy atom. The van der Waals surface area contributed by atoms with Crippen LogP contribution in [0.1, 0.15) is 65.7 Å². The van der Waals surface area contributed by atoms with Crippen molar-refractivity contribution in [2.75, 3.05) is 27.4 Å². The third-order valence-electron chi connectivity index (χ3n) is 12.7. The zero-order valence-corrected chi connectivity index (χ0v) is 34.7. The first kappa shape index (κ1) is 43.2. The molecule has 16 nitrogen and oxygen atoms in total. The molecule has 4 heterocycles. The van der Waals surface area contributed by atoms with E-state index in [-0.39, 0.29) is 49.1 Å². The molecule has 328 valence electrons. The van der Waals surface area contributed by atoms with Gasteiger partial charge in [0.2, 0.25) is 33.6 Å².